The van der Waals surface area contributed by atoms with E-state index in [9.17, 15) is 17.3 Å². The van der Waals surface area contributed by atoms with Crippen molar-refractivity contribution >= 4 is 13.0 Å². The van der Waals surface area contributed by atoms with Gasteiger partial charge in [-0.25, -0.2) is 0 Å². The largest absolute Gasteiger partial charge is 0.673 e. The Morgan fingerprint density at radius 3 is 1.81 bits per heavy atom. The van der Waals surface area contributed by atoms with Crippen molar-refractivity contribution in [2.45, 2.75) is 19.4 Å². The van der Waals surface area contributed by atoms with Gasteiger partial charge in [0.2, 0.25) is 0 Å². The van der Waals surface area contributed by atoms with E-state index in [2.05, 4.69) is 93.7 Å². The molecule has 0 aliphatic carbocycles. The Bertz CT molecular complexity index is 778. The molecule has 138 valence electrons. The highest BCUT2D eigenvalue weighted by molar-refractivity contribution is 6.50. The molecule has 1 aliphatic rings. The normalized spacial score (nSPS) is 22.7. The van der Waals surface area contributed by atoms with Gasteiger partial charge in [0.15, 0.2) is 0 Å². The Hall–Kier alpha value is -2.34. The van der Waals surface area contributed by atoms with E-state index in [1.807, 2.05) is 0 Å². The van der Waals surface area contributed by atoms with Crippen LogP contribution in [0.15, 0.2) is 78.4 Å². The van der Waals surface area contributed by atoms with Crippen LogP contribution in [0.25, 0.3) is 5.70 Å². The van der Waals surface area contributed by atoms with Gasteiger partial charge in [0.05, 0.1) is 7.05 Å². The standard InChI is InChI=1S/C20H21N.BF4/c1-16-14-15-20(2,18-12-8-5-9-13-18)21(3)19(16)17-10-6-4-7-11-17;2-1(3,4)5/h4-15H,1-3H3;/q;-1/p+1. The van der Waals surface area contributed by atoms with Crippen molar-refractivity contribution in [1.82, 2.24) is 0 Å². The summed E-state index contributed by atoms with van der Waals surface area (Å²) in [6, 6.07) is 21.5. The van der Waals surface area contributed by atoms with Crippen LogP contribution in [0, 0.1) is 0 Å². The van der Waals surface area contributed by atoms with Crippen LogP contribution in [-0.2, 0) is 5.54 Å². The predicted molar refractivity (Wildman–Crippen MR) is 99.0 cm³/mol. The number of hydrogen-bond donors (Lipinski definition) is 1. The first-order valence-electron chi connectivity index (χ1n) is 8.35. The SMILES string of the molecule is CC1=C(c2ccccc2)[NH+](C)C(C)(c2ccccc2)C=C1.F[B-](F)(F)F. The van der Waals surface area contributed by atoms with Gasteiger partial charge in [-0.2, -0.15) is 0 Å². The molecule has 3 rings (SSSR count). The molecule has 2 aromatic carbocycles. The van der Waals surface area contributed by atoms with Gasteiger partial charge in [-0.15, -0.1) is 0 Å². The molecule has 2 atom stereocenters. The minimum absolute atomic E-state index is 0.0358. The average Bonchev–Trinajstić information content (AvgIpc) is 2.59. The van der Waals surface area contributed by atoms with Crippen LogP contribution in [0.3, 0.4) is 0 Å². The highest BCUT2D eigenvalue weighted by Crippen LogP contribution is 2.27. The molecule has 6 heteroatoms. The summed E-state index contributed by atoms with van der Waals surface area (Å²) in [5.74, 6) is 0. The maximum absolute atomic E-state index is 9.75. The number of likely N-dealkylation sites (N-methyl/N-ethyl adjacent to an activating group) is 1. The van der Waals surface area contributed by atoms with Gasteiger partial charge < -0.3 is 17.3 Å². The third kappa shape index (κ3) is 4.85. The van der Waals surface area contributed by atoms with E-state index in [0.29, 0.717) is 0 Å². The number of rotatable bonds is 2. The molecular weight excluding hydrogens is 341 g/mol. The molecule has 0 bridgehead atoms. The third-order valence-electron chi connectivity index (χ3n) is 4.65. The van der Waals surface area contributed by atoms with E-state index < -0.39 is 7.25 Å². The number of halogens is 4. The summed E-state index contributed by atoms with van der Waals surface area (Å²) in [6.45, 7) is 4.51. The molecule has 0 radical (unpaired) electrons. The second kappa shape index (κ2) is 7.91. The molecule has 0 spiro atoms. The van der Waals surface area contributed by atoms with Crippen LogP contribution >= 0.6 is 0 Å². The molecule has 1 heterocycles. The number of hydrogen-bond acceptors (Lipinski definition) is 0. The van der Waals surface area contributed by atoms with Crippen molar-refractivity contribution in [1.29, 1.82) is 0 Å². The van der Waals surface area contributed by atoms with Gasteiger partial charge in [0, 0.05) is 16.7 Å². The van der Waals surface area contributed by atoms with Crippen LogP contribution in [0.4, 0.5) is 17.3 Å². The fourth-order valence-electron chi connectivity index (χ4n) is 3.20. The summed E-state index contributed by atoms with van der Waals surface area (Å²) < 4.78 is 39.0. The van der Waals surface area contributed by atoms with Gasteiger partial charge in [-0.05, 0) is 32.1 Å². The monoisotopic (exact) mass is 363 g/mol. The molecule has 1 N–H and O–H groups in total. The van der Waals surface area contributed by atoms with Gasteiger partial charge >= 0.3 is 7.25 Å². The van der Waals surface area contributed by atoms with E-state index in [1.54, 1.807) is 0 Å². The zero-order chi connectivity index (χ0) is 19.4. The van der Waals surface area contributed by atoms with E-state index in [-0.39, 0.29) is 5.54 Å². The highest BCUT2D eigenvalue weighted by Gasteiger charge is 2.38. The van der Waals surface area contributed by atoms with Crippen molar-refractivity contribution in [3.63, 3.8) is 0 Å². The Morgan fingerprint density at radius 1 is 0.846 bits per heavy atom. The number of benzene rings is 2. The minimum Gasteiger partial charge on any atom is -0.418 e. The summed E-state index contributed by atoms with van der Waals surface area (Å²) in [7, 11) is -3.73. The Kier molecular flexibility index (Phi) is 6.08. The lowest BCUT2D eigenvalue weighted by Gasteiger charge is -2.38. The summed E-state index contributed by atoms with van der Waals surface area (Å²) in [5, 5.41) is 0. The summed E-state index contributed by atoms with van der Waals surface area (Å²) >= 11 is 0. The average molecular weight is 363 g/mol. The fourth-order valence-corrected chi connectivity index (χ4v) is 3.20. The van der Waals surface area contributed by atoms with E-state index in [4.69, 9.17) is 0 Å². The Labute approximate surface area is 151 Å². The molecule has 26 heavy (non-hydrogen) atoms. The van der Waals surface area contributed by atoms with Crippen LogP contribution in [0.2, 0.25) is 0 Å². The van der Waals surface area contributed by atoms with E-state index in [0.717, 1.165) is 0 Å². The first-order valence-corrected chi connectivity index (χ1v) is 8.35. The molecule has 0 fully saturated rings. The number of quaternary nitrogens is 1. The lowest BCUT2D eigenvalue weighted by molar-refractivity contribution is -0.862. The predicted octanol–water partition coefficient (Wildman–Crippen LogP) is 4.72. The maximum atomic E-state index is 9.75. The number of nitrogens with one attached hydrogen (secondary N) is 1. The van der Waals surface area contributed by atoms with Gasteiger partial charge in [-0.1, -0.05) is 54.6 Å². The Balaban J connectivity index is 0.000000431. The molecular formula is C20H22BF4N. The second-order valence-electron chi connectivity index (χ2n) is 6.45. The van der Waals surface area contributed by atoms with Crippen molar-refractivity contribution in [3.05, 3.63) is 89.5 Å². The number of allylic oxidation sites excluding steroid dienone is 2. The van der Waals surface area contributed by atoms with E-state index >= 15 is 0 Å². The van der Waals surface area contributed by atoms with Crippen molar-refractivity contribution in [3.8, 4) is 0 Å². The minimum atomic E-state index is -6.00. The second-order valence-corrected chi connectivity index (χ2v) is 6.45. The lowest BCUT2D eigenvalue weighted by atomic mass is 9.85. The first kappa shape index (κ1) is 20.0. The van der Waals surface area contributed by atoms with Gasteiger partial charge in [0.1, 0.15) is 11.2 Å². The Morgan fingerprint density at radius 2 is 1.31 bits per heavy atom. The molecule has 2 aromatic rings. The van der Waals surface area contributed by atoms with Crippen LogP contribution in [0.1, 0.15) is 25.0 Å². The van der Waals surface area contributed by atoms with Crippen LogP contribution < -0.4 is 4.90 Å². The summed E-state index contributed by atoms with van der Waals surface area (Å²) in [6.07, 6.45) is 4.60. The highest BCUT2D eigenvalue weighted by atomic mass is 19.5. The molecule has 2 unspecified atom stereocenters. The van der Waals surface area contributed by atoms with E-state index in [1.165, 1.54) is 27.3 Å². The van der Waals surface area contributed by atoms with Crippen LogP contribution in [0.5, 0.6) is 0 Å². The first-order chi connectivity index (χ1) is 12.1. The molecule has 1 aliphatic heterocycles. The topological polar surface area (TPSA) is 4.44 Å². The summed E-state index contributed by atoms with van der Waals surface area (Å²) in [4.78, 5) is 1.42. The van der Waals surface area contributed by atoms with Crippen molar-refractivity contribution in [2.24, 2.45) is 0 Å². The molecule has 0 saturated heterocycles. The molecule has 1 nitrogen and oxygen atoms in total. The quantitative estimate of drug-likeness (QED) is 0.582. The molecule has 0 amide bonds. The van der Waals surface area contributed by atoms with Crippen molar-refractivity contribution in [2.75, 3.05) is 7.05 Å². The molecule has 0 aromatic heterocycles. The smallest absolute Gasteiger partial charge is 0.418 e. The maximum Gasteiger partial charge on any atom is 0.673 e. The molecule has 0 saturated carbocycles. The van der Waals surface area contributed by atoms with Gasteiger partial charge in [0.25, 0.3) is 0 Å². The zero-order valence-electron chi connectivity index (χ0n) is 15.0. The van der Waals surface area contributed by atoms with Crippen LogP contribution in [-0.4, -0.2) is 14.3 Å². The van der Waals surface area contributed by atoms with Crippen molar-refractivity contribution < 1.29 is 22.2 Å². The fraction of sp³-hybridized carbons (Fsp3) is 0.200. The zero-order valence-corrected chi connectivity index (χ0v) is 15.0. The lowest BCUT2D eigenvalue weighted by Crippen LogP contribution is -3.13. The van der Waals surface area contributed by atoms with Gasteiger partial charge in [-0.3, -0.25) is 4.90 Å². The third-order valence-corrected chi connectivity index (χ3v) is 4.65. The summed E-state index contributed by atoms with van der Waals surface area (Å²) in [5.41, 5.74) is 5.33.